The van der Waals surface area contributed by atoms with Crippen molar-refractivity contribution in [1.82, 2.24) is 14.8 Å². The molecule has 1 unspecified atom stereocenters. The van der Waals surface area contributed by atoms with E-state index < -0.39 is 0 Å². The van der Waals surface area contributed by atoms with E-state index >= 15 is 0 Å². The van der Waals surface area contributed by atoms with Crippen molar-refractivity contribution in [1.29, 1.82) is 0 Å². The topological polar surface area (TPSA) is 55.3 Å². The lowest BCUT2D eigenvalue weighted by molar-refractivity contribution is 0.517. The van der Waals surface area contributed by atoms with Gasteiger partial charge in [0.1, 0.15) is 0 Å². The van der Waals surface area contributed by atoms with Crippen LogP contribution in [0.25, 0.3) is 4.96 Å². The quantitative estimate of drug-likeness (QED) is 0.562. The van der Waals surface area contributed by atoms with Gasteiger partial charge in [-0.15, -0.1) is 11.3 Å². The molecule has 0 radical (unpaired) electrons. The van der Waals surface area contributed by atoms with E-state index in [4.69, 9.17) is 5.84 Å². The Bertz CT molecular complexity index is 715. The monoisotopic (exact) mass is 300 g/mol. The average Bonchev–Trinajstić information content (AvgIpc) is 3.03. The third-order valence-corrected chi connectivity index (χ3v) is 4.58. The molecule has 0 spiro atoms. The molecule has 0 fully saturated rings. The van der Waals surface area contributed by atoms with Crippen LogP contribution in [-0.2, 0) is 12.8 Å². The van der Waals surface area contributed by atoms with Crippen LogP contribution >= 0.6 is 11.3 Å². The minimum Gasteiger partial charge on any atom is -0.297 e. The molecule has 0 saturated carbocycles. The molecule has 110 valence electrons. The number of aryl methyl sites for hydroxylation is 2. The van der Waals surface area contributed by atoms with E-state index in [-0.39, 0.29) is 6.04 Å². The first-order valence-corrected chi connectivity index (χ1v) is 7.97. The van der Waals surface area contributed by atoms with E-state index in [1.54, 1.807) is 11.3 Å². The number of hydrazine groups is 1. The molecule has 0 aliphatic rings. The number of hydrogen-bond acceptors (Lipinski definition) is 4. The lowest BCUT2D eigenvalue weighted by Gasteiger charge is -2.16. The molecule has 3 rings (SSSR count). The molecule has 0 aliphatic carbocycles. The molecule has 0 bridgehead atoms. The normalized spacial score (nSPS) is 12.9. The Labute approximate surface area is 128 Å². The summed E-state index contributed by atoms with van der Waals surface area (Å²) in [5.74, 6) is 5.74. The number of nitrogens with two attached hydrogens (primary N) is 1. The Morgan fingerprint density at radius 3 is 2.95 bits per heavy atom. The molecule has 4 nitrogen and oxygen atoms in total. The van der Waals surface area contributed by atoms with E-state index in [9.17, 15) is 0 Å². The highest BCUT2D eigenvalue weighted by Crippen LogP contribution is 2.16. The summed E-state index contributed by atoms with van der Waals surface area (Å²) in [6, 6.07) is 6.75. The van der Waals surface area contributed by atoms with Crippen molar-refractivity contribution in [3.8, 4) is 0 Å². The first-order chi connectivity index (χ1) is 10.2. The van der Waals surface area contributed by atoms with Gasteiger partial charge in [-0.2, -0.15) is 0 Å². The molecule has 1 aromatic carbocycles. The van der Waals surface area contributed by atoms with Crippen LogP contribution in [0.3, 0.4) is 0 Å². The van der Waals surface area contributed by atoms with Gasteiger partial charge in [0.2, 0.25) is 0 Å². The van der Waals surface area contributed by atoms with Gasteiger partial charge < -0.3 is 0 Å². The molecule has 5 heteroatoms. The van der Waals surface area contributed by atoms with E-state index in [1.165, 1.54) is 16.7 Å². The number of thiazole rings is 1. The van der Waals surface area contributed by atoms with Crippen LogP contribution in [0.4, 0.5) is 0 Å². The van der Waals surface area contributed by atoms with Gasteiger partial charge in [-0.1, -0.05) is 23.8 Å². The summed E-state index contributed by atoms with van der Waals surface area (Å²) < 4.78 is 2.06. The minimum atomic E-state index is 0.190. The Hall–Kier alpha value is -1.69. The lowest BCUT2D eigenvalue weighted by Crippen LogP contribution is -2.38. The zero-order valence-corrected chi connectivity index (χ0v) is 13.2. The van der Waals surface area contributed by atoms with Crippen molar-refractivity contribution < 1.29 is 0 Å². The van der Waals surface area contributed by atoms with Crippen LogP contribution in [0.2, 0.25) is 0 Å². The molecule has 2 aromatic heterocycles. The van der Waals surface area contributed by atoms with Crippen LogP contribution < -0.4 is 11.3 Å². The van der Waals surface area contributed by atoms with Crippen LogP contribution in [0.1, 0.15) is 22.4 Å². The SMILES string of the molecule is Cc1ccc(C)c(CC(Cc2cn3ccsc3n2)NN)c1. The summed E-state index contributed by atoms with van der Waals surface area (Å²) in [5, 5.41) is 2.04. The fourth-order valence-corrected chi connectivity index (χ4v) is 3.32. The highest BCUT2D eigenvalue weighted by atomic mass is 32.1. The van der Waals surface area contributed by atoms with Crippen molar-refractivity contribution >= 4 is 16.3 Å². The van der Waals surface area contributed by atoms with E-state index in [0.29, 0.717) is 0 Å². The Morgan fingerprint density at radius 1 is 1.33 bits per heavy atom. The van der Waals surface area contributed by atoms with Gasteiger partial charge in [0.25, 0.3) is 0 Å². The minimum absolute atomic E-state index is 0.190. The van der Waals surface area contributed by atoms with E-state index in [0.717, 1.165) is 23.5 Å². The van der Waals surface area contributed by atoms with Crippen molar-refractivity contribution in [3.63, 3.8) is 0 Å². The summed E-state index contributed by atoms with van der Waals surface area (Å²) >= 11 is 1.65. The first kappa shape index (κ1) is 14.3. The van der Waals surface area contributed by atoms with Gasteiger partial charge in [-0.25, -0.2) is 4.98 Å². The van der Waals surface area contributed by atoms with Crippen molar-refractivity contribution in [2.75, 3.05) is 0 Å². The second-order valence-electron chi connectivity index (χ2n) is 5.53. The molecular formula is C16H20N4S. The Kier molecular flexibility index (Phi) is 4.05. The number of hydrogen-bond donors (Lipinski definition) is 2. The largest absolute Gasteiger partial charge is 0.297 e. The zero-order chi connectivity index (χ0) is 14.8. The highest BCUT2D eigenvalue weighted by Gasteiger charge is 2.13. The number of nitrogens with one attached hydrogen (secondary N) is 1. The van der Waals surface area contributed by atoms with Crippen molar-refractivity contribution in [2.24, 2.45) is 5.84 Å². The highest BCUT2D eigenvalue weighted by molar-refractivity contribution is 7.15. The van der Waals surface area contributed by atoms with Gasteiger partial charge in [0.05, 0.1) is 5.69 Å². The summed E-state index contributed by atoms with van der Waals surface area (Å²) in [7, 11) is 0. The fourth-order valence-electron chi connectivity index (χ4n) is 2.60. The molecule has 0 saturated heterocycles. The molecule has 21 heavy (non-hydrogen) atoms. The summed E-state index contributed by atoms with van der Waals surface area (Å²) in [5.41, 5.74) is 7.96. The second-order valence-corrected chi connectivity index (χ2v) is 6.40. The number of fused-ring (bicyclic) bond motifs is 1. The van der Waals surface area contributed by atoms with Crippen molar-refractivity contribution in [3.05, 3.63) is 58.4 Å². The van der Waals surface area contributed by atoms with Crippen molar-refractivity contribution in [2.45, 2.75) is 32.7 Å². The number of imidazole rings is 1. The molecule has 1 atom stereocenters. The van der Waals surface area contributed by atoms with Gasteiger partial charge in [0.15, 0.2) is 4.96 Å². The van der Waals surface area contributed by atoms with Gasteiger partial charge in [0, 0.05) is 30.2 Å². The van der Waals surface area contributed by atoms with Gasteiger partial charge in [-0.05, 0) is 31.4 Å². The Balaban J connectivity index is 1.75. The maximum atomic E-state index is 5.74. The molecule has 2 heterocycles. The standard InChI is InChI=1S/C16H20N4S/c1-11-3-4-12(2)13(7-11)8-14(19-17)9-15-10-20-5-6-21-16(20)18-15/h3-7,10,14,19H,8-9,17H2,1-2H3. The van der Waals surface area contributed by atoms with Crippen LogP contribution in [-0.4, -0.2) is 15.4 Å². The maximum absolute atomic E-state index is 5.74. The number of aromatic nitrogens is 2. The van der Waals surface area contributed by atoms with Crippen LogP contribution in [0.5, 0.6) is 0 Å². The number of benzene rings is 1. The zero-order valence-electron chi connectivity index (χ0n) is 12.3. The second kappa shape index (κ2) is 5.97. The Morgan fingerprint density at radius 2 is 2.19 bits per heavy atom. The third kappa shape index (κ3) is 3.15. The first-order valence-electron chi connectivity index (χ1n) is 7.09. The lowest BCUT2D eigenvalue weighted by atomic mass is 9.97. The molecule has 3 aromatic rings. The fraction of sp³-hybridized carbons (Fsp3) is 0.312. The summed E-state index contributed by atoms with van der Waals surface area (Å²) in [6.07, 6.45) is 5.86. The predicted octanol–water partition coefficient (Wildman–Crippen LogP) is 2.63. The van der Waals surface area contributed by atoms with E-state index in [2.05, 4.69) is 53.1 Å². The summed E-state index contributed by atoms with van der Waals surface area (Å²) in [6.45, 7) is 4.27. The van der Waals surface area contributed by atoms with E-state index in [1.807, 2.05) is 11.6 Å². The smallest absolute Gasteiger partial charge is 0.193 e. The number of rotatable bonds is 5. The van der Waals surface area contributed by atoms with Crippen LogP contribution in [0, 0.1) is 13.8 Å². The molecule has 0 amide bonds. The molecule has 0 aliphatic heterocycles. The molecule has 3 N–H and O–H groups in total. The predicted molar refractivity (Wildman–Crippen MR) is 87.5 cm³/mol. The van der Waals surface area contributed by atoms with Gasteiger partial charge >= 0.3 is 0 Å². The number of nitrogens with zero attached hydrogens (tertiary/aromatic N) is 2. The average molecular weight is 300 g/mol. The molecular weight excluding hydrogens is 280 g/mol. The van der Waals surface area contributed by atoms with Crippen LogP contribution in [0.15, 0.2) is 36.0 Å². The van der Waals surface area contributed by atoms with Gasteiger partial charge in [-0.3, -0.25) is 15.7 Å². The maximum Gasteiger partial charge on any atom is 0.193 e. The summed E-state index contributed by atoms with van der Waals surface area (Å²) in [4.78, 5) is 5.66. The third-order valence-electron chi connectivity index (χ3n) is 3.81.